The van der Waals surface area contributed by atoms with E-state index in [4.69, 9.17) is 11.6 Å². The van der Waals surface area contributed by atoms with Crippen LogP contribution < -0.4 is 10.6 Å². The van der Waals surface area contributed by atoms with Gasteiger partial charge in [-0.25, -0.2) is 0 Å². The number of anilines is 1. The predicted octanol–water partition coefficient (Wildman–Crippen LogP) is 4.41. The van der Waals surface area contributed by atoms with Gasteiger partial charge in [-0.2, -0.15) is 0 Å². The zero-order chi connectivity index (χ0) is 19.1. The molecule has 0 aromatic heterocycles. The monoisotopic (exact) mass is 385 g/mol. The van der Waals surface area contributed by atoms with Gasteiger partial charge in [-0.1, -0.05) is 42.8 Å². The van der Waals surface area contributed by atoms with E-state index in [-0.39, 0.29) is 5.91 Å². The second kappa shape index (κ2) is 9.88. The van der Waals surface area contributed by atoms with Gasteiger partial charge in [0, 0.05) is 18.8 Å². The molecule has 3 rings (SSSR count). The van der Waals surface area contributed by atoms with Crippen LogP contribution in [0.1, 0.15) is 35.7 Å². The lowest BCUT2D eigenvalue weighted by molar-refractivity contribution is 0.102. The third-order valence-corrected chi connectivity index (χ3v) is 5.22. The molecule has 2 N–H and O–H groups in total. The molecule has 1 heterocycles. The molecule has 1 fully saturated rings. The van der Waals surface area contributed by atoms with Gasteiger partial charge < -0.3 is 15.5 Å². The Hall–Kier alpha value is -1.88. The molecular formula is C22H28ClN3O. The summed E-state index contributed by atoms with van der Waals surface area (Å²) in [6.07, 6.45) is 2.68. The SMILES string of the molecule is CC(CNCc1cccc(NC(=O)c2ccccc2Cl)c1)CN1CCCC1. The van der Waals surface area contributed by atoms with Gasteiger partial charge in [-0.3, -0.25) is 4.79 Å². The molecule has 0 saturated carbocycles. The Kier molecular flexibility index (Phi) is 7.27. The van der Waals surface area contributed by atoms with Crippen molar-refractivity contribution in [2.45, 2.75) is 26.3 Å². The summed E-state index contributed by atoms with van der Waals surface area (Å²) in [5.74, 6) is 0.441. The van der Waals surface area contributed by atoms with Crippen LogP contribution in [-0.2, 0) is 6.54 Å². The van der Waals surface area contributed by atoms with Gasteiger partial charge in [0.15, 0.2) is 0 Å². The number of rotatable bonds is 8. The van der Waals surface area contributed by atoms with Crippen LogP contribution in [0.5, 0.6) is 0 Å². The van der Waals surface area contributed by atoms with Crippen molar-refractivity contribution in [2.75, 3.05) is 31.5 Å². The number of amides is 1. The summed E-state index contributed by atoms with van der Waals surface area (Å²) in [4.78, 5) is 15.0. The van der Waals surface area contributed by atoms with Gasteiger partial charge in [0.25, 0.3) is 5.91 Å². The van der Waals surface area contributed by atoms with Gasteiger partial charge in [0.05, 0.1) is 10.6 Å². The van der Waals surface area contributed by atoms with Crippen molar-refractivity contribution in [1.82, 2.24) is 10.2 Å². The maximum atomic E-state index is 12.4. The van der Waals surface area contributed by atoms with Gasteiger partial charge in [0.2, 0.25) is 0 Å². The summed E-state index contributed by atoms with van der Waals surface area (Å²) in [6.45, 7) is 7.74. The minimum absolute atomic E-state index is 0.190. The number of carbonyl (C=O) groups excluding carboxylic acids is 1. The first-order chi connectivity index (χ1) is 13.1. The zero-order valence-corrected chi connectivity index (χ0v) is 16.6. The lowest BCUT2D eigenvalue weighted by Gasteiger charge is -2.20. The van der Waals surface area contributed by atoms with Crippen LogP contribution in [0.3, 0.4) is 0 Å². The summed E-state index contributed by atoms with van der Waals surface area (Å²) < 4.78 is 0. The second-order valence-corrected chi connectivity index (χ2v) is 7.79. The number of carbonyl (C=O) groups is 1. The predicted molar refractivity (Wildman–Crippen MR) is 112 cm³/mol. The van der Waals surface area contributed by atoms with Crippen LogP contribution >= 0.6 is 11.6 Å². The summed E-state index contributed by atoms with van der Waals surface area (Å²) >= 11 is 6.10. The smallest absolute Gasteiger partial charge is 0.257 e. The van der Waals surface area contributed by atoms with Crippen molar-refractivity contribution in [3.05, 3.63) is 64.7 Å². The van der Waals surface area contributed by atoms with Crippen molar-refractivity contribution in [3.63, 3.8) is 0 Å². The van der Waals surface area contributed by atoms with Crippen LogP contribution in [0.15, 0.2) is 48.5 Å². The topological polar surface area (TPSA) is 44.4 Å². The molecule has 1 unspecified atom stereocenters. The Bertz CT molecular complexity index is 759. The number of benzene rings is 2. The zero-order valence-electron chi connectivity index (χ0n) is 15.9. The van der Waals surface area contributed by atoms with E-state index in [9.17, 15) is 4.79 Å². The summed E-state index contributed by atoms with van der Waals surface area (Å²) in [7, 11) is 0. The highest BCUT2D eigenvalue weighted by atomic mass is 35.5. The molecule has 0 bridgehead atoms. The van der Waals surface area contributed by atoms with Crippen molar-refractivity contribution >= 4 is 23.2 Å². The van der Waals surface area contributed by atoms with E-state index >= 15 is 0 Å². The average molecular weight is 386 g/mol. The summed E-state index contributed by atoms with van der Waals surface area (Å²) in [6, 6.07) is 15.0. The Balaban J connectivity index is 1.48. The lowest BCUT2D eigenvalue weighted by Crippen LogP contribution is -2.31. The Morgan fingerprint density at radius 3 is 2.70 bits per heavy atom. The lowest BCUT2D eigenvalue weighted by atomic mass is 10.1. The van der Waals surface area contributed by atoms with Crippen LogP contribution in [0.2, 0.25) is 5.02 Å². The van der Waals surface area contributed by atoms with Crippen molar-refractivity contribution in [3.8, 4) is 0 Å². The maximum absolute atomic E-state index is 12.4. The molecule has 0 spiro atoms. The molecule has 144 valence electrons. The van der Waals surface area contributed by atoms with Crippen LogP contribution in [0.25, 0.3) is 0 Å². The maximum Gasteiger partial charge on any atom is 0.257 e. The molecule has 2 aromatic rings. The van der Waals surface area contributed by atoms with Crippen LogP contribution in [0, 0.1) is 5.92 Å². The quantitative estimate of drug-likeness (QED) is 0.707. The molecule has 0 radical (unpaired) electrons. The molecular weight excluding hydrogens is 358 g/mol. The molecule has 1 aliphatic heterocycles. The number of hydrogen-bond donors (Lipinski definition) is 2. The minimum Gasteiger partial charge on any atom is -0.322 e. The van der Waals surface area contributed by atoms with Gasteiger partial charge in [-0.05, 0) is 68.2 Å². The standard InChI is InChI=1S/C22H28ClN3O/c1-17(16-26-11-4-5-12-26)14-24-15-18-7-6-8-19(13-18)25-22(27)20-9-2-3-10-21(20)23/h2-3,6-10,13,17,24H,4-5,11-12,14-16H2,1H3,(H,25,27). The fourth-order valence-electron chi connectivity index (χ4n) is 3.54. The van der Waals surface area contributed by atoms with Crippen molar-refractivity contribution in [2.24, 2.45) is 5.92 Å². The summed E-state index contributed by atoms with van der Waals surface area (Å²) in [5, 5.41) is 6.92. The molecule has 27 heavy (non-hydrogen) atoms. The van der Waals surface area contributed by atoms with E-state index in [1.807, 2.05) is 30.3 Å². The molecule has 5 heteroatoms. The largest absolute Gasteiger partial charge is 0.322 e. The number of nitrogens with one attached hydrogen (secondary N) is 2. The average Bonchev–Trinajstić information content (AvgIpc) is 3.15. The van der Waals surface area contributed by atoms with E-state index in [0.29, 0.717) is 16.5 Å². The van der Waals surface area contributed by atoms with E-state index in [2.05, 4.69) is 28.5 Å². The van der Waals surface area contributed by atoms with E-state index < -0.39 is 0 Å². The van der Waals surface area contributed by atoms with Gasteiger partial charge in [0.1, 0.15) is 0 Å². The summed E-state index contributed by atoms with van der Waals surface area (Å²) in [5.41, 5.74) is 2.42. The minimum atomic E-state index is -0.190. The van der Waals surface area contributed by atoms with Crippen LogP contribution in [-0.4, -0.2) is 37.0 Å². The number of likely N-dealkylation sites (tertiary alicyclic amines) is 1. The van der Waals surface area contributed by atoms with E-state index in [1.165, 1.54) is 32.5 Å². The van der Waals surface area contributed by atoms with Crippen LogP contribution in [0.4, 0.5) is 5.69 Å². The van der Waals surface area contributed by atoms with Gasteiger partial charge >= 0.3 is 0 Å². The molecule has 1 saturated heterocycles. The van der Waals surface area contributed by atoms with Crippen molar-refractivity contribution < 1.29 is 4.79 Å². The second-order valence-electron chi connectivity index (χ2n) is 7.38. The molecule has 1 amide bonds. The fourth-order valence-corrected chi connectivity index (χ4v) is 3.76. The Labute approximate surface area is 166 Å². The fraction of sp³-hybridized carbons (Fsp3) is 0.409. The first-order valence-corrected chi connectivity index (χ1v) is 10.1. The first kappa shape index (κ1) is 19.9. The third-order valence-electron chi connectivity index (χ3n) is 4.89. The highest BCUT2D eigenvalue weighted by Crippen LogP contribution is 2.18. The number of halogens is 1. The highest BCUT2D eigenvalue weighted by Gasteiger charge is 2.14. The van der Waals surface area contributed by atoms with Crippen molar-refractivity contribution in [1.29, 1.82) is 0 Å². The number of hydrogen-bond acceptors (Lipinski definition) is 3. The van der Waals surface area contributed by atoms with E-state index in [0.717, 1.165) is 24.3 Å². The van der Waals surface area contributed by atoms with Gasteiger partial charge in [-0.15, -0.1) is 0 Å². The third kappa shape index (κ3) is 6.06. The normalized spacial score (nSPS) is 15.6. The first-order valence-electron chi connectivity index (χ1n) is 9.70. The number of nitrogens with zero attached hydrogens (tertiary/aromatic N) is 1. The molecule has 0 aliphatic carbocycles. The Morgan fingerprint density at radius 1 is 1.15 bits per heavy atom. The molecule has 1 aliphatic rings. The molecule has 4 nitrogen and oxygen atoms in total. The molecule has 2 aromatic carbocycles. The highest BCUT2D eigenvalue weighted by molar-refractivity contribution is 6.34. The van der Waals surface area contributed by atoms with E-state index in [1.54, 1.807) is 12.1 Å². The molecule has 1 atom stereocenters. The Morgan fingerprint density at radius 2 is 1.93 bits per heavy atom.